The lowest BCUT2D eigenvalue weighted by Gasteiger charge is -2.09. The van der Waals surface area contributed by atoms with E-state index in [1.807, 2.05) is 19.9 Å². The largest absolute Gasteiger partial charge is 0.207 e. The van der Waals surface area contributed by atoms with Crippen molar-refractivity contribution in [3.05, 3.63) is 55.4 Å². The van der Waals surface area contributed by atoms with Gasteiger partial charge in [-0.2, -0.15) is 0 Å². The summed E-state index contributed by atoms with van der Waals surface area (Å²) in [6, 6.07) is 7.01. The Kier molecular flexibility index (Phi) is 3.91. The molecule has 0 amide bonds. The molecule has 0 aliphatic heterocycles. The Hall–Kier alpha value is -0.380. The van der Waals surface area contributed by atoms with E-state index in [1.165, 1.54) is 6.07 Å². The van der Waals surface area contributed by atoms with Crippen LogP contribution in [0.15, 0.2) is 28.1 Å². The zero-order valence-electron chi connectivity index (χ0n) is 9.43. The molecule has 1 unspecified atom stereocenters. The van der Waals surface area contributed by atoms with Crippen LogP contribution in [0.25, 0.3) is 0 Å². The van der Waals surface area contributed by atoms with Crippen molar-refractivity contribution in [2.24, 2.45) is 0 Å². The van der Waals surface area contributed by atoms with Gasteiger partial charge >= 0.3 is 0 Å². The van der Waals surface area contributed by atoms with Gasteiger partial charge in [0.25, 0.3) is 0 Å². The lowest BCUT2D eigenvalue weighted by atomic mass is 10.1. The number of rotatable bonds is 2. The zero-order valence-corrected chi connectivity index (χ0v) is 12.6. The van der Waals surface area contributed by atoms with Crippen molar-refractivity contribution < 1.29 is 4.39 Å². The monoisotopic (exact) mass is 332 g/mol. The fourth-order valence-electron chi connectivity index (χ4n) is 1.62. The topological polar surface area (TPSA) is 0 Å². The van der Waals surface area contributed by atoms with Gasteiger partial charge in [0, 0.05) is 10.4 Å². The van der Waals surface area contributed by atoms with E-state index in [2.05, 4.69) is 15.9 Å². The summed E-state index contributed by atoms with van der Waals surface area (Å²) in [6.45, 7) is 3.93. The highest BCUT2D eigenvalue weighted by Gasteiger charge is 2.18. The number of thiophene rings is 1. The van der Waals surface area contributed by atoms with Crippen LogP contribution >= 0.6 is 38.9 Å². The van der Waals surface area contributed by atoms with Gasteiger partial charge in [0.2, 0.25) is 0 Å². The molecule has 0 fully saturated rings. The molecule has 90 valence electrons. The first-order valence-electron chi connectivity index (χ1n) is 5.15. The summed E-state index contributed by atoms with van der Waals surface area (Å²) in [5.41, 5.74) is 2.68. The summed E-state index contributed by atoms with van der Waals surface area (Å²) in [4.78, 5) is 0.959. The van der Waals surface area contributed by atoms with Gasteiger partial charge in [0.05, 0.1) is 9.16 Å². The van der Waals surface area contributed by atoms with Crippen molar-refractivity contribution in [3.63, 3.8) is 0 Å². The van der Waals surface area contributed by atoms with E-state index in [4.69, 9.17) is 11.6 Å². The Morgan fingerprint density at radius 2 is 2.00 bits per heavy atom. The van der Waals surface area contributed by atoms with Crippen molar-refractivity contribution in [2.75, 3.05) is 0 Å². The molecule has 0 aliphatic rings. The second-order valence-corrected chi connectivity index (χ2v) is 6.83. The van der Waals surface area contributed by atoms with E-state index >= 15 is 0 Å². The summed E-state index contributed by atoms with van der Waals surface area (Å²) in [6.07, 6.45) is 0. The lowest BCUT2D eigenvalue weighted by Crippen LogP contribution is -1.95. The van der Waals surface area contributed by atoms with Crippen LogP contribution in [0.3, 0.4) is 0 Å². The fraction of sp³-hybridized carbons (Fsp3) is 0.231. The second kappa shape index (κ2) is 5.09. The smallest absolute Gasteiger partial charge is 0.128 e. The Morgan fingerprint density at radius 3 is 2.59 bits per heavy atom. The van der Waals surface area contributed by atoms with Gasteiger partial charge in [0.1, 0.15) is 5.82 Å². The number of benzene rings is 1. The van der Waals surface area contributed by atoms with E-state index < -0.39 is 5.38 Å². The van der Waals surface area contributed by atoms with E-state index in [0.717, 1.165) is 19.8 Å². The molecule has 4 heteroatoms. The zero-order chi connectivity index (χ0) is 12.6. The Balaban J connectivity index is 2.42. The maximum absolute atomic E-state index is 13.7. The first-order chi connectivity index (χ1) is 7.99. The van der Waals surface area contributed by atoms with Gasteiger partial charge in [-0.05, 0) is 47.5 Å². The molecule has 0 spiro atoms. The summed E-state index contributed by atoms with van der Waals surface area (Å²) < 4.78 is 14.8. The molecule has 17 heavy (non-hydrogen) atoms. The predicted molar refractivity (Wildman–Crippen MR) is 75.6 cm³/mol. The van der Waals surface area contributed by atoms with E-state index in [-0.39, 0.29) is 5.82 Å². The molecule has 2 rings (SSSR count). The van der Waals surface area contributed by atoms with E-state index in [0.29, 0.717) is 5.56 Å². The molecule has 2 aromatic rings. The number of aryl methyl sites for hydroxylation is 2. The highest BCUT2D eigenvalue weighted by Crippen LogP contribution is 2.38. The summed E-state index contributed by atoms with van der Waals surface area (Å²) in [5, 5.41) is -0.426. The van der Waals surface area contributed by atoms with Crippen LogP contribution in [-0.2, 0) is 0 Å². The van der Waals surface area contributed by atoms with Crippen molar-refractivity contribution in [2.45, 2.75) is 19.2 Å². The Bertz CT molecular complexity index is 531. The van der Waals surface area contributed by atoms with Crippen LogP contribution in [-0.4, -0.2) is 0 Å². The van der Waals surface area contributed by atoms with Crippen LogP contribution in [0.1, 0.15) is 26.9 Å². The molecule has 0 N–H and O–H groups in total. The van der Waals surface area contributed by atoms with Gasteiger partial charge in [0.15, 0.2) is 0 Å². The molecule has 1 aromatic heterocycles. The second-order valence-electron chi connectivity index (χ2n) is 3.99. The summed E-state index contributed by atoms with van der Waals surface area (Å²) in [7, 11) is 0. The molecular weight excluding hydrogens is 323 g/mol. The number of alkyl halides is 1. The van der Waals surface area contributed by atoms with Crippen molar-refractivity contribution >= 4 is 38.9 Å². The number of hydrogen-bond donors (Lipinski definition) is 0. The molecule has 1 atom stereocenters. The van der Waals surface area contributed by atoms with Crippen molar-refractivity contribution in [1.29, 1.82) is 0 Å². The van der Waals surface area contributed by atoms with Gasteiger partial charge in [-0.15, -0.1) is 22.9 Å². The lowest BCUT2D eigenvalue weighted by molar-refractivity contribution is 0.612. The minimum Gasteiger partial charge on any atom is -0.207 e. The highest BCUT2D eigenvalue weighted by molar-refractivity contribution is 9.11. The average molecular weight is 334 g/mol. The molecule has 0 nitrogen and oxygen atoms in total. The fourth-order valence-corrected chi connectivity index (χ4v) is 3.55. The summed E-state index contributed by atoms with van der Waals surface area (Å²) in [5.74, 6) is -0.252. The van der Waals surface area contributed by atoms with Crippen molar-refractivity contribution in [3.8, 4) is 0 Å². The Labute approximate surface area is 118 Å². The molecule has 0 radical (unpaired) electrons. The van der Waals surface area contributed by atoms with Crippen LogP contribution in [0.4, 0.5) is 4.39 Å². The van der Waals surface area contributed by atoms with Gasteiger partial charge < -0.3 is 0 Å². The van der Waals surface area contributed by atoms with Crippen LogP contribution in [0.2, 0.25) is 0 Å². The first kappa shape index (κ1) is 13.1. The molecule has 0 saturated heterocycles. The first-order valence-corrected chi connectivity index (χ1v) is 7.19. The predicted octanol–water partition coefficient (Wildman–Crippen LogP) is 5.59. The minimum absolute atomic E-state index is 0.252. The van der Waals surface area contributed by atoms with Gasteiger partial charge in [-0.25, -0.2) is 4.39 Å². The quantitative estimate of drug-likeness (QED) is 0.628. The molecule has 1 heterocycles. The normalized spacial score (nSPS) is 12.8. The van der Waals surface area contributed by atoms with Crippen LogP contribution in [0.5, 0.6) is 0 Å². The Morgan fingerprint density at radius 1 is 1.29 bits per heavy atom. The third kappa shape index (κ3) is 2.72. The van der Waals surface area contributed by atoms with Gasteiger partial charge in [-0.1, -0.05) is 17.7 Å². The summed E-state index contributed by atoms with van der Waals surface area (Å²) >= 11 is 11.3. The molecule has 0 aliphatic carbocycles. The number of hydrogen-bond acceptors (Lipinski definition) is 1. The van der Waals surface area contributed by atoms with Crippen LogP contribution < -0.4 is 0 Å². The average Bonchev–Trinajstić information content (AvgIpc) is 2.62. The third-order valence-corrected chi connectivity index (χ3v) is 5.35. The molecule has 0 bridgehead atoms. The highest BCUT2D eigenvalue weighted by atomic mass is 79.9. The minimum atomic E-state index is -0.426. The standard InChI is InChI=1S/C13H11BrClFS/c1-7-3-4-10(16)9(5-7)12(15)11-6-8(2)13(14)17-11/h3-6,12H,1-2H3. The molecular formula is C13H11BrClFS. The van der Waals surface area contributed by atoms with Gasteiger partial charge in [-0.3, -0.25) is 0 Å². The van der Waals surface area contributed by atoms with Crippen LogP contribution in [0, 0.1) is 19.7 Å². The van der Waals surface area contributed by atoms with Crippen molar-refractivity contribution in [1.82, 2.24) is 0 Å². The maximum Gasteiger partial charge on any atom is 0.128 e. The SMILES string of the molecule is Cc1ccc(F)c(C(Cl)c2cc(C)c(Br)s2)c1. The molecule has 0 saturated carbocycles. The molecule has 1 aromatic carbocycles. The maximum atomic E-state index is 13.7. The third-order valence-electron chi connectivity index (χ3n) is 2.55. The van der Waals surface area contributed by atoms with E-state index in [9.17, 15) is 4.39 Å². The van der Waals surface area contributed by atoms with E-state index in [1.54, 1.807) is 23.5 Å². The number of halogens is 3.